The van der Waals surface area contributed by atoms with Crippen molar-refractivity contribution in [1.82, 2.24) is 4.57 Å². The molecule has 0 spiro atoms. The lowest BCUT2D eigenvalue weighted by Crippen LogP contribution is -2.45. The van der Waals surface area contributed by atoms with Gasteiger partial charge in [-0.05, 0) is 13.3 Å². The summed E-state index contributed by atoms with van der Waals surface area (Å²) < 4.78 is 4.18. The van der Waals surface area contributed by atoms with Crippen LogP contribution in [0.15, 0.2) is 12.4 Å². The number of nitrogens with zero attached hydrogens (tertiary/aromatic N) is 2. The van der Waals surface area contributed by atoms with Gasteiger partial charge in [0.1, 0.15) is 12.4 Å². The molecule has 1 unspecified atom stereocenters. The fourth-order valence-electron chi connectivity index (χ4n) is 1.83. The molecule has 1 aromatic rings. The van der Waals surface area contributed by atoms with Gasteiger partial charge < -0.3 is 9.90 Å². The molecule has 0 aliphatic heterocycles. The highest BCUT2D eigenvalue weighted by molar-refractivity contribution is 5.66. The Morgan fingerprint density at radius 1 is 1.56 bits per heavy atom. The molecule has 1 rings (SSSR count). The second kappa shape index (κ2) is 5.68. The number of carbonyl (C=O) groups is 1. The van der Waals surface area contributed by atoms with Gasteiger partial charge in [-0.3, -0.25) is 0 Å². The van der Waals surface area contributed by atoms with E-state index in [9.17, 15) is 9.90 Å². The van der Waals surface area contributed by atoms with E-state index in [1.54, 1.807) is 6.92 Å². The zero-order chi connectivity index (χ0) is 12.1. The van der Waals surface area contributed by atoms with Crippen LogP contribution in [0.5, 0.6) is 0 Å². The average Bonchev–Trinajstić information content (AvgIpc) is 2.61. The summed E-state index contributed by atoms with van der Waals surface area (Å²) in [6, 6.07) is 0. The molecule has 1 heterocycles. The topological polar surface area (TPSA) is 48.9 Å². The first-order chi connectivity index (χ1) is 7.60. The highest BCUT2D eigenvalue weighted by Gasteiger charge is 2.17. The van der Waals surface area contributed by atoms with Gasteiger partial charge in [-0.1, -0.05) is 13.8 Å². The molecule has 0 N–H and O–H groups in total. The van der Waals surface area contributed by atoms with E-state index in [-0.39, 0.29) is 0 Å². The molecule has 0 saturated carbocycles. The maximum Gasteiger partial charge on any atom is 0.256 e. The SMILES string of the molecule is CCCc1n(CC)cc[n+]1CC(C)C(=O)[O-]. The Kier molecular flexibility index (Phi) is 4.52. The molecule has 0 radical (unpaired) electrons. The van der Waals surface area contributed by atoms with Crippen LogP contribution in [0.25, 0.3) is 0 Å². The lowest BCUT2D eigenvalue weighted by Gasteiger charge is -2.11. The first-order valence-electron chi connectivity index (χ1n) is 5.88. The maximum absolute atomic E-state index is 10.7. The second-order valence-electron chi connectivity index (χ2n) is 4.12. The predicted molar refractivity (Wildman–Crippen MR) is 58.5 cm³/mol. The van der Waals surface area contributed by atoms with Gasteiger partial charge in [0.25, 0.3) is 5.82 Å². The van der Waals surface area contributed by atoms with Gasteiger partial charge in [0.2, 0.25) is 0 Å². The van der Waals surface area contributed by atoms with Crippen LogP contribution in [0.1, 0.15) is 33.0 Å². The molecule has 16 heavy (non-hydrogen) atoms. The van der Waals surface area contributed by atoms with Gasteiger partial charge in [0.05, 0.1) is 13.1 Å². The Balaban J connectivity index is 2.86. The molecule has 4 nitrogen and oxygen atoms in total. The molecule has 4 heteroatoms. The van der Waals surface area contributed by atoms with Crippen molar-refractivity contribution >= 4 is 5.97 Å². The van der Waals surface area contributed by atoms with Crippen molar-refractivity contribution in [3.05, 3.63) is 18.2 Å². The third-order valence-electron chi connectivity index (χ3n) is 2.78. The normalized spacial score (nSPS) is 12.7. The molecule has 90 valence electrons. The van der Waals surface area contributed by atoms with Crippen molar-refractivity contribution in [3.63, 3.8) is 0 Å². The number of carboxylic acids is 1. The minimum absolute atomic E-state index is 0.451. The van der Waals surface area contributed by atoms with Gasteiger partial charge >= 0.3 is 0 Å². The summed E-state index contributed by atoms with van der Waals surface area (Å²) in [4.78, 5) is 10.7. The van der Waals surface area contributed by atoms with Gasteiger partial charge in [0.15, 0.2) is 0 Å². The Hall–Kier alpha value is -1.32. The fourth-order valence-corrected chi connectivity index (χ4v) is 1.83. The average molecular weight is 224 g/mol. The third kappa shape index (κ3) is 2.84. The van der Waals surface area contributed by atoms with Crippen LogP contribution in [-0.2, 0) is 24.3 Å². The number of imidazole rings is 1. The molecule has 1 atom stereocenters. The number of aryl methyl sites for hydroxylation is 1. The third-order valence-corrected chi connectivity index (χ3v) is 2.78. The number of aliphatic carboxylic acids is 1. The zero-order valence-electron chi connectivity index (χ0n) is 10.3. The van der Waals surface area contributed by atoms with Crippen molar-refractivity contribution in [2.24, 2.45) is 5.92 Å². The Bertz CT molecular complexity index is 358. The first kappa shape index (κ1) is 12.7. The quantitative estimate of drug-likeness (QED) is 0.645. The van der Waals surface area contributed by atoms with Crippen LogP contribution in [-0.4, -0.2) is 10.5 Å². The van der Waals surface area contributed by atoms with E-state index in [2.05, 4.69) is 18.4 Å². The predicted octanol–water partition coefficient (Wildman–Crippen LogP) is 0.134. The highest BCUT2D eigenvalue weighted by Crippen LogP contribution is 2.02. The molecule has 0 amide bonds. The fraction of sp³-hybridized carbons (Fsp3) is 0.667. The number of hydrogen-bond acceptors (Lipinski definition) is 2. The smallest absolute Gasteiger partial charge is 0.256 e. The summed E-state index contributed by atoms with van der Waals surface area (Å²) in [6.45, 7) is 7.30. The molecule has 0 bridgehead atoms. The van der Waals surface area contributed by atoms with Crippen LogP contribution < -0.4 is 9.67 Å². The number of carbonyl (C=O) groups excluding carboxylic acids is 1. The molecule has 0 fully saturated rings. The summed E-state index contributed by atoms with van der Waals surface area (Å²) in [6.07, 6.45) is 5.99. The summed E-state index contributed by atoms with van der Waals surface area (Å²) in [5.41, 5.74) is 0. The highest BCUT2D eigenvalue weighted by atomic mass is 16.4. The molecular weight excluding hydrogens is 204 g/mol. The van der Waals surface area contributed by atoms with E-state index in [0.29, 0.717) is 6.54 Å². The maximum atomic E-state index is 10.7. The van der Waals surface area contributed by atoms with E-state index in [4.69, 9.17) is 0 Å². The monoisotopic (exact) mass is 224 g/mol. The first-order valence-corrected chi connectivity index (χ1v) is 5.88. The summed E-state index contributed by atoms with van der Waals surface area (Å²) in [5.74, 6) is -0.245. The Morgan fingerprint density at radius 2 is 2.25 bits per heavy atom. The molecule has 0 aliphatic carbocycles. The van der Waals surface area contributed by atoms with Crippen molar-refractivity contribution in [3.8, 4) is 0 Å². The number of aromatic nitrogens is 2. The molecule has 0 aromatic carbocycles. The number of carboxylic acid groups (broad SMARTS) is 1. The van der Waals surface area contributed by atoms with Crippen LogP contribution >= 0.6 is 0 Å². The van der Waals surface area contributed by atoms with Gasteiger partial charge in [-0.15, -0.1) is 0 Å². The standard InChI is InChI=1S/C12H20N2O2/c1-4-6-11-13(5-2)7-8-14(11)9-10(3)12(15)16/h7-8,10H,4-6,9H2,1-3H3. The van der Waals surface area contributed by atoms with Crippen LogP contribution in [0.4, 0.5) is 0 Å². The van der Waals surface area contributed by atoms with Crippen LogP contribution in [0, 0.1) is 5.92 Å². The van der Waals surface area contributed by atoms with E-state index in [1.165, 1.54) is 5.82 Å². The van der Waals surface area contributed by atoms with Crippen molar-refractivity contribution in [2.75, 3.05) is 0 Å². The van der Waals surface area contributed by atoms with E-state index >= 15 is 0 Å². The Morgan fingerprint density at radius 3 is 2.75 bits per heavy atom. The number of rotatable bonds is 6. The molecule has 0 saturated heterocycles. The zero-order valence-corrected chi connectivity index (χ0v) is 10.3. The Labute approximate surface area is 96.5 Å². The van der Waals surface area contributed by atoms with Crippen molar-refractivity contribution in [2.45, 2.75) is 46.7 Å². The minimum Gasteiger partial charge on any atom is -0.550 e. The lowest BCUT2D eigenvalue weighted by molar-refractivity contribution is -0.708. The summed E-state index contributed by atoms with van der Waals surface area (Å²) in [7, 11) is 0. The van der Waals surface area contributed by atoms with Gasteiger partial charge in [-0.2, -0.15) is 0 Å². The van der Waals surface area contributed by atoms with Crippen molar-refractivity contribution in [1.29, 1.82) is 0 Å². The molecule has 0 aliphatic rings. The van der Waals surface area contributed by atoms with Crippen LogP contribution in [0.3, 0.4) is 0 Å². The molecular formula is C12H20N2O2. The summed E-state index contributed by atoms with van der Waals surface area (Å²) >= 11 is 0. The van der Waals surface area contributed by atoms with Crippen molar-refractivity contribution < 1.29 is 14.5 Å². The van der Waals surface area contributed by atoms with E-state index < -0.39 is 11.9 Å². The largest absolute Gasteiger partial charge is 0.550 e. The second-order valence-corrected chi connectivity index (χ2v) is 4.12. The van der Waals surface area contributed by atoms with E-state index in [0.717, 1.165) is 19.4 Å². The number of hydrogen-bond donors (Lipinski definition) is 0. The van der Waals surface area contributed by atoms with Crippen LogP contribution in [0.2, 0.25) is 0 Å². The van der Waals surface area contributed by atoms with E-state index in [1.807, 2.05) is 17.0 Å². The van der Waals surface area contributed by atoms with Gasteiger partial charge in [-0.25, -0.2) is 9.13 Å². The minimum atomic E-state index is -0.987. The lowest BCUT2D eigenvalue weighted by atomic mass is 10.2. The van der Waals surface area contributed by atoms with Gasteiger partial charge in [0, 0.05) is 18.3 Å². The summed E-state index contributed by atoms with van der Waals surface area (Å²) in [5, 5.41) is 10.7. The molecule has 1 aromatic heterocycles.